The van der Waals surface area contributed by atoms with E-state index < -0.39 is 5.97 Å². The number of aromatic nitrogens is 1. The lowest BCUT2D eigenvalue weighted by atomic mass is 10.2. The number of carboxylic acid groups (broad SMARTS) is 1. The Kier molecular flexibility index (Phi) is 3.84. The van der Waals surface area contributed by atoms with Crippen molar-refractivity contribution in [2.24, 2.45) is 0 Å². The van der Waals surface area contributed by atoms with Crippen LogP contribution < -0.4 is 5.32 Å². The van der Waals surface area contributed by atoms with Crippen LogP contribution in [-0.4, -0.2) is 16.1 Å². The van der Waals surface area contributed by atoms with Gasteiger partial charge < -0.3 is 10.4 Å². The van der Waals surface area contributed by atoms with E-state index in [1.54, 1.807) is 18.2 Å². The molecule has 18 heavy (non-hydrogen) atoms. The molecule has 0 spiro atoms. The molecule has 2 rings (SSSR count). The smallest absolute Gasteiger partial charge is 0.335 e. The number of nitrogens with zero attached hydrogens (tertiary/aromatic N) is 1. The molecule has 92 valence electrons. The van der Waals surface area contributed by atoms with E-state index in [0.29, 0.717) is 10.8 Å². The predicted octanol–water partition coefficient (Wildman–Crippen LogP) is 3.94. The van der Waals surface area contributed by atoms with Crippen LogP contribution in [0.1, 0.15) is 10.4 Å². The molecule has 6 heteroatoms. The average molecular weight is 328 g/mol. The minimum absolute atomic E-state index is 0.172. The molecule has 1 aromatic heterocycles. The molecule has 2 N–H and O–H groups in total. The Balaban J connectivity index is 2.31. The summed E-state index contributed by atoms with van der Waals surface area (Å²) in [5.74, 6) is -0.552. The number of aromatic carboxylic acids is 1. The van der Waals surface area contributed by atoms with Crippen LogP contribution in [0, 0.1) is 0 Å². The highest BCUT2D eigenvalue weighted by atomic mass is 79.9. The van der Waals surface area contributed by atoms with Crippen molar-refractivity contribution in [3.63, 3.8) is 0 Å². The molecule has 0 bridgehead atoms. The Morgan fingerprint density at radius 3 is 2.83 bits per heavy atom. The SMILES string of the molecule is O=C(O)c1ccnc(Nc2cc(Cl)ccc2Br)c1. The zero-order valence-corrected chi connectivity index (χ0v) is 11.4. The number of nitrogens with one attached hydrogen (secondary N) is 1. The van der Waals surface area contributed by atoms with Crippen LogP contribution in [0.2, 0.25) is 5.02 Å². The summed E-state index contributed by atoms with van der Waals surface area (Å²) in [6, 6.07) is 8.15. The molecule has 0 amide bonds. The fourth-order valence-electron chi connectivity index (χ4n) is 1.36. The molecule has 2 aromatic rings. The number of carbonyl (C=O) groups is 1. The van der Waals surface area contributed by atoms with Crippen molar-refractivity contribution in [3.05, 3.63) is 51.6 Å². The number of hydrogen-bond donors (Lipinski definition) is 2. The van der Waals surface area contributed by atoms with Crippen LogP contribution in [0.5, 0.6) is 0 Å². The van der Waals surface area contributed by atoms with Crippen molar-refractivity contribution in [2.75, 3.05) is 5.32 Å². The minimum Gasteiger partial charge on any atom is -0.478 e. The van der Waals surface area contributed by atoms with Crippen molar-refractivity contribution in [3.8, 4) is 0 Å². The predicted molar refractivity (Wildman–Crippen MR) is 73.6 cm³/mol. The minimum atomic E-state index is -0.995. The largest absolute Gasteiger partial charge is 0.478 e. The maximum absolute atomic E-state index is 10.8. The standard InChI is InChI=1S/C12H8BrClN2O2/c13-9-2-1-8(14)6-10(9)16-11-5-7(12(17)18)3-4-15-11/h1-6H,(H,15,16)(H,17,18). The lowest BCUT2D eigenvalue weighted by Crippen LogP contribution is -2.00. The van der Waals surface area contributed by atoms with Crippen molar-refractivity contribution in [2.45, 2.75) is 0 Å². The number of rotatable bonds is 3. The summed E-state index contributed by atoms with van der Waals surface area (Å²) in [5.41, 5.74) is 0.892. The maximum atomic E-state index is 10.8. The molecule has 0 aliphatic rings. The van der Waals surface area contributed by atoms with Gasteiger partial charge in [-0.3, -0.25) is 0 Å². The Bertz CT molecular complexity index is 604. The summed E-state index contributed by atoms with van der Waals surface area (Å²) in [5, 5.41) is 12.5. The third-order valence-electron chi connectivity index (χ3n) is 2.20. The molecular formula is C12H8BrClN2O2. The molecule has 0 unspecified atom stereocenters. The number of pyridine rings is 1. The van der Waals surface area contributed by atoms with Gasteiger partial charge in [-0.15, -0.1) is 0 Å². The molecule has 0 radical (unpaired) electrons. The third kappa shape index (κ3) is 3.00. The van der Waals surface area contributed by atoms with Crippen LogP contribution in [-0.2, 0) is 0 Å². The van der Waals surface area contributed by atoms with E-state index in [0.717, 1.165) is 10.2 Å². The number of carboxylic acids is 1. The van der Waals surface area contributed by atoms with Gasteiger partial charge in [0, 0.05) is 15.7 Å². The summed E-state index contributed by atoms with van der Waals surface area (Å²) < 4.78 is 0.814. The second kappa shape index (κ2) is 5.37. The normalized spacial score (nSPS) is 10.1. The first-order chi connectivity index (χ1) is 8.56. The number of benzene rings is 1. The highest BCUT2D eigenvalue weighted by molar-refractivity contribution is 9.10. The van der Waals surface area contributed by atoms with E-state index in [1.807, 2.05) is 0 Å². The molecule has 0 fully saturated rings. The molecule has 1 heterocycles. The van der Waals surface area contributed by atoms with E-state index in [-0.39, 0.29) is 5.56 Å². The van der Waals surface area contributed by atoms with Gasteiger partial charge in [-0.05, 0) is 46.3 Å². The van der Waals surface area contributed by atoms with Gasteiger partial charge in [-0.25, -0.2) is 9.78 Å². The Morgan fingerprint density at radius 2 is 2.11 bits per heavy atom. The topological polar surface area (TPSA) is 62.2 Å². The monoisotopic (exact) mass is 326 g/mol. The third-order valence-corrected chi connectivity index (χ3v) is 3.12. The zero-order chi connectivity index (χ0) is 13.1. The Hall–Kier alpha value is -1.59. The second-order valence-electron chi connectivity index (χ2n) is 3.48. The molecule has 1 aromatic carbocycles. The van der Waals surface area contributed by atoms with E-state index >= 15 is 0 Å². The fraction of sp³-hybridized carbons (Fsp3) is 0. The van der Waals surface area contributed by atoms with Gasteiger partial charge in [0.2, 0.25) is 0 Å². The van der Waals surface area contributed by atoms with Gasteiger partial charge in [0.05, 0.1) is 11.3 Å². The summed E-state index contributed by atoms with van der Waals surface area (Å²) in [6.07, 6.45) is 1.43. The zero-order valence-electron chi connectivity index (χ0n) is 9.02. The van der Waals surface area contributed by atoms with E-state index in [1.165, 1.54) is 18.3 Å². The average Bonchev–Trinajstić information content (AvgIpc) is 2.34. The molecule has 0 saturated heterocycles. The van der Waals surface area contributed by atoms with Crippen LogP contribution in [0.4, 0.5) is 11.5 Å². The van der Waals surface area contributed by atoms with Crippen molar-refractivity contribution < 1.29 is 9.90 Å². The summed E-state index contributed by atoms with van der Waals surface area (Å²) in [4.78, 5) is 14.9. The highest BCUT2D eigenvalue weighted by Crippen LogP contribution is 2.28. The van der Waals surface area contributed by atoms with Gasteiger partial charge in [-0.2, -0.15) is 0 Å². The quantitative estimate of drug-likeness (QED) is 0.896. The lowest BCUT2D eigenvalue weighted by Gasteiger charge is -2.08. The van der Waals surface area contributed by atoms with Gasteiger partial charge in [0.25, 0.3) is 0 Å². The van der Waals surface area contributed by atoms with Crippen molar-refractivity contribution in [1.82, 2.24) is 4.98 Å². The van der Waals surface area contributed by atoms with Crippen LogP contribution in [0.3, 0.4) is 0 Å². The van der Waals surface area contributed by atoms with E-state index in [9.17, 15) is 4.79 Å². The molecular weight excluding hydrogens is 320 g/mol. The van der Waals surface area contributed by atoms with E-state index in [4.69, 9.17) is 16.7 Å². The number of anilines is 2. The van der Waals surface area contributed by atoms with Crippen LogP contribution >= 0.6 is 27.5 Å². The fourth-order valence-corrected chi connectivity index (χ4v) is 1.88. The second-order valence-corrected chi connectivity index (χ2v) is 4.77. The van der Waals surface area contributed by atoms with Crippen molar-refractivity contribution in [1.29, 1.82) is 0 Å². The summed E-state index contributed by atoms with van der Waals surface area (Å²) in [7, 11) is 0. The highest BCUT2D eigenvalue weighted by Gasteiger charge is 2.06. The number of halogens is 2. The van der Waals surface area contributed by atoms with Gasteiger partial charge in [-0.1, -0.05) is 11.6 Å². The first-order valence-corrected chi connectivity index (χ1v) is 6.15. The van der Waals surface area contributed by atoms with Gasteiger partial charge >= 0.3 is 5.97 Å². The van der Waals surface area contributed by atoms with Gasteiger partial charge in [0.15, 0.2) is 0 Å². The van der Waals surface area contributed by atoms with Crippen LogP contribution in [0.15, 0.2) is 41.0 Å². The maximum Gasteiger partial charge on any atom is 0.335 e. The number of hydrogen-bond acceptors (Lipinski definition) is 3. The molecule has 0 aliphatic heterocycles. The first kappa shape index (κ1) is 12.9. The van der Waals surface area contributed by atoms with Crippen molar-refractivity contribution >= 4 is 45.0 Å². The molecule has 0 atom stereocenters. The summed E-state index contributed by atoms with van der Waals surface area (Å²) >= 11 is 9.26. The summed E-state index contributed by atoms with van der Waals surface area (Å²) in [6.45, 7) is 0. The first-order valence-electron chi connectivity index (χ1n) is 4.97. The molecule has 4 nitrogen and oxygen atoms in total. The van der Waals surface area contributed by atoms with Crippen LogP contribution in [0.25, 0.3) is 0 Å². The van der Waals surface area contributed by atoms with E-state index in [2.05, 4.69) is 26.2 Å². The van der Waals surface area contributed by atoms with Gasteiger partial charge in [0.1, 0.15) is 5.82 Å². The molecule has 0 aliphatic carbocycles. The molecule has 0 saturated carbocycles. The lowest BCUT2D eigenvalue weighted by molar-refractivity contribution is 0.0697. The Labute approximate surface area is 117 Å². The Morgan fingerprint density at radius 1 is 1.33 bits per heavy atom.